The molecule has 3 saturated heterocycles. The van der Waals surface area contributed by atoms with Crippen molar-refractivity contribution in [2.24, 2.45) is 5.92 Å². The zero-order chi connectivity index (χ0) is 13.9. The van der Waals surface area contributed by atoms with Crippen LogP contribution < -0.4 is 5.32 Å². The summed E-state index contributed by atoms with van der Waals surface area (Å²) in [6.07, 6.45) is 3.07. The Kier molecular flexibility index (Phi) is 4.21. The third kappa shape index (κ3) is 3.12. The minimum absolute atomic E-state index is 0.000341. The third-order valence-electron chi connectivity index (χ3n) is 4.50. The van der Waals surface area contributed by atoms with Crippen LogP contribution in [0.4, 0.5) is 0 Å². The molecule has 2 unspecified atom stereocenters. The molecule has 3 aliphatic heterocycles. The van der Waals surface area contributed by atoms with Gasteiger partial charge in [0.05, 0.1) is 12.0 Å². The Labute approximate surface area is 119 Å². The van der Waals surface area contributed by atoms with Crippen molar-refractivity contribution in [3.8, 4) is 0 Å². The summed E-state index contributed by atoms with van der Waals surface area (Å²) < 4.78 is 5.66. The zero-order valence-electron chi connectivity index (χ0n) is 11.8. The zero-order valence-corrected chi connectivity index (χ0v) is 11.8. The lowest BCUT2D eigenvalue weighted by atomic mass is 10.1. The van der Waals surface area contributed by atoms with Crippen LogP contribution in [0.5, 0.6) is 0 Å². The molecule has 0 aromatic rings. The molecule has 2 amide bonds. The van der Waals surface area contributed by atoms with Crippen molar-refractivity contribution in [1.29, 1.82) is 0 Å². The Morgan fingerprint density at radius 3 is 2.70 bits per heavy atom. The molecular formula is C14H23N3O3. The van der Waals surface area contributed by atoms with E-state index in [0.29, 0.717) is 19.1 Å². The second-order valence-electron chi connectivity index (χ2n) is 5.97. The molecule has 2 atom stereocenters. The monoisotopic (exact) mass is 281 g/mol. The fourth-order valence-electron chi connectivity index (χ4n) is 3.27. The van der Waals surface area contributed by atoms with Crippen LogP contribution in [0.25, 0.3) is 0 Å². The van der Waals surface area contributed by atoms with Crippen LogP contribution >= 0.6 is 0 Å². The van der Waals surface area contributed by atoms with Crippen molar-refractivity contribution in [1.82, 2.24) is 15.1 Å². The molecule has 112 valence electrons. The molecule has 0 bridgehead atoms. The molecule has 3 heterocycles. The van der Waals surface area contributed by atoms with E-state index in [9.17, 15) is 9.59 Å². The molecule has 6 heteroatoms. The lowest BCUT2D eigenvalue weighted by Crippen LogP contribution is -2.51. The quantitative estimate of drug-likeness (QED) is 0.754. The Balaban J connectivity index is 1.43. The van der Waals surface area contributed by atoms with Crippen LogP contribution in [-0.2, 0) is 14.3 Å². The number of piperazine rings is 1. The van der Waals surface area contributed by atoms with Crippen molar-refractivity contribution in [2.75, 3.05) is 45.9 Å². The smallest absolute Gasteiger partial charge is 0.228 e. The van der Waals surface area contributed by atoms with Crippen molar-refractivity contribution in [3.05, 3.63) is 0 Å². The van der Waals surface area contributed by atoms with E-state index in [0.717, 1.165) is 45.8 Å². The molecule has 20 heavy (non-hydrogen) atoms. The number of amides is 2. The number of hydrogen-bond acceptors (Lipinski definition) is 4. The van der Waals surface area contributed by atoms with E-state index in [2.05, 4.69) is 10.2 Å². The van der Waals surface area contributed by atoms with E-state index in [4.69, 9.17) is 4.74 Å². The Bertz CT molecular complexity index is 374. The second-order valence-corrected chi connectivity index (χ2v) is 5.97. The minimum atomic E-state index is -0.146. The lowest BCUT2D eigenvalue weighted by Gasteiger charge is -2.36. The predicted octanol–water partition coefficient (Wildman–Crippen LogP) is -0.554. The highest BCUT2D eigenvalue weighted by Crippen LogP contribution is 2.17. The highest BCUT2D eigenvalue weighted by atomic mass is 16.5. The van der Waals surface area contributed by atoms with E-state index in [1.54, 1.807) is 0 Å². The first-order valence-corrected chi connectivity index (χ1v) is 7.62. The van der Waals surface area contributed by atoms with Gasteiger partial charge in [-0.1, -0.05) is 0 Å². The molecule has 1 N–H and O–H groups in total. The molecule has 3 rings (SSSR count). The molecule has 0 aromatic heterocycles. The summed E-state index contributed by atoms with van der Waals surface area (Å²) in [5.74, 6) is -0.00676. The van der Waals surface area contributed by atoms with Gasteiger partial charge < -0.3 is 15.0 Å². The van der Waals surface area contributed by atoms with Gasteiger partial charge in [0.2, 0.25) is 11.8 Å². The maximum atomic E-state index is 12.3. The van der Waals surface area contributed by atoms with E-state index >= 15 is 0 Å². The van der Waals surface area contributed by atoms with Crippen LogP contribution in [0.3, 0.4) is 0 Å². The fraction of sp³-hybridized carbons (Fsp3) is 0.857. The first-order chi connectivity index (χ1) is 9.72. The molecule has 3 aliphatic rings. The van der Waals surface area contributed by atoms with E-state index < -0.39 is 0 Å². The van der Waals surface area contributed by atoms with Crippen molar-refractivity contribution < 1.29 is 14.3 Å². The van der Waals surface area contributed by atoms with Crippen molar-refractivity contribution >= 4 is 11.8 Å². The molecule has 3 fully saturated rings. The van der Waals surface area contributed by atoms with Crippen LogP contribution in [0, 0.1) is 5.92 Å². The molecule has 0 saturated carbocycles. The van der Waals surface area contributed by atoms with Gasteiger partial charge in [-0.3, -0.25) is 14.5 Å². The van der Waals surface area contributed by atoms with E-state index in [-0.39, 0.29) is 17.7 Å². The van der Waals surface area contributed by atoms with Crippen molar-refractivity contribution in [2.45, 2.75) is 25.4 Å². The molecule has 6 nitrogen and oxygen atoms in total. The van der Waals surface area contributed by atoms with Gasteiger partial charge >= 0.3 is 0 Å². The van der Waals surface area contributed by atoms with Gasteiger partial charge in [-0.25, -0.2) is 0 Å². The molecule has 0 aromatic carbocycles. The highest BCUT2D eigenvalue weighted by Gasteiger charge is 2.33. The first kappa shape index (κ1) is 13.8. The summed E-state index contributed by atoms with van der Waals surface area (Å²) in [6, 6.07) is 0. The molecule has 0 radical (unpaired) electrons. The number of hydrogen-bond donors (Lipinski definition) is 1. The molecular weight excluding hydrogens is 258 g/mol. The average molecular weight is 281 g/mol. The average Bonchev–Trinajstić information content (AvgIpc) is 3.10. The summed E-state index contributed by atoms with van der Waals surface area (Å²) in [7, 11) is 0. The summed E-state index contributed by atoms with van der Waals surface area (Å²) in [6.45, 7) is 5.77. The standard InChI is InChI=1S/C14H23N3O3/c18-13-8-11(9-15-13)14(19)17-5-3-16(4-6-17)10-12-2-1-7-20-12/h11-12H,1-10H2,(H,15,18). The fourth-order valence-corrected chi connectivity index (χ4v) is 3.27. The topological polar surface area (TPSA) is 61.9 Å². The first-order valence-electron chi connectivity index (χ1n) is 7.62. The summed E-state index contributed by atoms with van der Waals surface area (Å²) in [5, 5.41) is 2.73. The predicted molar refractivity (Wildman–Crippen MR) is 73.1 cm³/mol. The van der Waals surface area contributed by atoms with Crippen molar-refractivity contribution in [3.63, 3.8) is 0 Å². The van der Waals surface area contributed by atoms with Crippen LogP contribution in [0.2, 0.25) is 0 Å². The van der Waals surface area contributed by atoms with Crippen LogP contribution in [0.15, 0.2) is 0 Å². The Hall–Kier alpha value is -1.14. The SMILES string of the molecule is O=C1CC(C(=O)N2CCN(CC3CCCO3)CC2)CN1. The summed E-state index contributed by atoms with van der Waals surface area (Å²) >= 11 is 0. The van der Waals surface area contributed by atoms with Gasteiger partial charge in [0.15, 0.2) is 0 Å². The summed E-state index contributed by atoms with van der Waals surface area (Å²) in [5.41, 5.74) is 0. The number of ether oxygens (including phenoxy) is 1. The van der Waals surface area contributed by atoms with Gasteiger partial charge in [0.1, 0.15) is 0 Å². The number of nitrogens with zero attached hydrogens (tertiary/aromatic N) is 2. The maximum Gasteiger partial charge on any atom is 0.228 e. The van der Waals surface area contributed by atoms with Gasteiger partial charge in [-0.2, -0.15) is 0 Å². The second kappa shape index (κ2) is 6.10. The van der Waals surface area contributed by atoms with Gasteiger partial charge in [0, 0.05) is 52.3 Å². The number of rotatable bonds is 3. The van der Waals surface area contributed by atoms with Gasteiger partial charge in [0.25, 0.3) is 0 Å². The largest absolute Gasteiger partial charge is 0.377 e. The number of carbonyl (C=O) groups excluding carboxylic acids is 2. The normalized spacial score (nSPS) is 31.6. The van der Waals surface area contributed by atoms with Gasteiger partial charge in [-0.15, -0.1) is 0 Å². The summed E-state index contributed by atoms with van der Waals surface area (Å²) in [4.78, 5) is 27.8. The maximum absolute atomic E-state index is 12.3. The van der Waals surface area contributed by atoms with Gasteiger partial charge in [-0.05, 0) is 12.8 Å². The molecule has 0 aliphatic carbocycles. The third-order valence-corrected chi connectivity index (χ3v) is 4.50. The van der Waals surface area contributed by atoms with E-state index in [1.807, 2.05) is 4.90 Å². The lowest BCUT2D eigenvalue weighted by molar-refractivity contribution is -0.137. The Morgan fingerprint density at radius 2 is 2.10 bits per heavy atom. The number of carbonyl (C=O) groups is 2. The van der Waals surface area contributed by atoms with E-state index in [1.165, 1.54) is 6.42 Å². The van der Waals surface area contributed by atoms with Crippen LogP contribution in [-0.4, -0.2) is 73.6 Å². The Morgan fingerprint density at radius 1 is 1.30 bits per heavy atom. The minimum Gasteiger partial charge on any atom is -0.377 e. The van der Waals surface area contributed by atoms with Crippen LogP contribution in [0.1, 0.15) is 19.3 Å². The molecule has 0 spiro atoms. The highest BCUT2D eigenvalue weighted by molar-refractivity contribution is 5.89. The number of nitrogens with one attached hydrogen (secondary N) is 1.